The Balaban J connectivity index is 1.28. The third-order valence-electron chi connectivity index (χ3n) is 4.52. The van der Waals surface area contributed by atoms with E-state index in [9.17, 15) is 4.79 Å². The summed E-state index contributed by atoms with van der Waals surface area (Å²) in [6.07, 6.45) is 0.498. The van der Waals surface area contributed by atoms with Gasteiger partial charge in [-0.05, 0) is 45.8 Å². The normalized spacial score (nSPS) is 17.1. The highest BCUT2D eigenvalue weighted by molar-refractivity contribution is 9.11. The molecular weight excluding hydrogens is 404 g/mol. The van der Waals surface area contributed by atoms with Gasteiger partial charge in [-0.15, -0.1) is 11.3 Å². The fraction of sp³-hybridized carbons (Fsp3) is 0.389. The molecule has 0 aliphatic carbocycles. The minimum absolute atomic E-state index is 0.220. The van der Waals surface area contributed by atoms with Gasteiger partial charge in [-0.3, -0.25) is 9.69 Å². The molecule has 5 nitrogen and oxygen atoms in total. The molecule has 4 rings (SSSR count). The van der Waals surface area contributed by atoms with Gasteiger partial charge in [-0.2, -0.15) is 0 Å². The zero-order valence-electron chi connectivity index (χ0n) is 13.7. The average Bonchev–Trinajstić information content (AvgIpc) is 3.24. The maximum atomic E-state index is 12.4. The highest BCUT2D eigenvalue weighted by atomic mass is 79.9. The maximum Gasteiger partial charge on any atom is 0.231 e. The number of amides is 1. The maximum absolute atomic E-state index is 12.4. The van der Waals surface area contributed by atoms with Crippen molar-refractivity contribution in [2.45, 2.75) is 13.0 Å². The van der Waals surface area contributed by atoms with Crippen LogP contribution in [0.1, 0.15) is 10.4 Å². The van der Waals surface area contributed by atoms with E-state index < -0.39 is 0 Å². The predicted octanol–water partition coefficient (Wildman–Crippen LogP) is 3.13. The largest absolute Gasteiger partial charge is 0.454 e. The molecule has 0 atom stereocenters. The standard InChI is InChI=1S/C18H19BrN2O3S/c19-17-4-2-14(25-17)10-18(22)21-7-5-20(6-8-21)11-13-1-3-15-16(9-13)24-12-23-15/h1-4,9H,5-8,10-12H2. The molecule has 25 heavy (non-hydrogen) atoms. The van der Waals surface area contributed by atoms with Gasteiger partial charge in [0.25, 0.3) is 0 Å². The minimum atomic E-state index is 0.220. The lowest BCUT2D eigenvalue weighted by atomic mass is 10.1. The van der Waals surface area contributed by atoms with Gasteiger partial charge in [0, 0.05) is 37.6 Å². The number of halogens is 1. The Morgan fingerprint density at radius 2 is 1.88 bits per heavy atom. The Kier molecular flexibility index (Phi) is 4.96. The molecule has 0 spiro atoms. The summed E-state index contributed by atoms with van der Waals surface area (Å²) in [5.41, 5.74) is 1.22. The quantitative estimate of drug-likeness (QED) is 0.758. The summed E-state index contributed by atoms with van der Waals surface area (Å²) < 4.78 is 11.9. The van der Waals surface area contributed by atoms with Crippen molar-refractivity contribution in [3.63, 3.8) is 0 Å². The molecule has 3 heterocycles. The Labute approximate surface area is 159 Å². The molecule has 0 N–H and O–H groups in total. The molecule has 0 bridgehead atoms. The molecule has 0 saturated carbocycles. The molecule has 132 valence electrons. The van der Waals surface area contributed by atoms with Crippen molar-refractivity contribution in [1.82, 2.24) is 9.80 Å². The summed E-state index contributed by atoms with van der Waals surface area (Å²) in [6, 6.07) is 10.1. The van der Waals surface area contributed by atoms with Gasteiger partial charge >= 0.3 is 0 Å². The second-order valence-electron chi connectivity index (χ2n) is 6.23. The first-order chi connectivity index (χ1) is 12.2. The van der Waals surface area contributed by atoms with E-state index in [0.29, 0.717) is 13.2 Å². The van der Waals surface area contributed by atoms with Crippen LogP contribution < -0.4 is 9.47 Å². The Bertz CT molecular complexity index is 771. The number of nitrogens with zero attached hydrogens (tertiary/aromatic N) is 2. The van der Waals surface area contributed by atoms with Crippen LogP contribution in [-0.4, -0.2) is 48.7 Å². The molecule has 1 saturated heterocycles. The van der Waals surface area contributed by atoms with Crippen molar-refractivity contribution < 1.29 is 14.3 Å². The number of hydrogen-bond acceptors (Lipinski definition) is 5. The van der Waals surface area contributed by atoms with Gasteiger partial charge in [0.2, 0.25) is 12.7 Å². The Hall–Kier alpha value is -1.57. The first kappa shape index (κ1) is 16.9. The monoisotopic (exact) mass is 422 g/mol. The number of carbonyl (C=O) groups excluding carboxylic acids is 1. The van der Waals surface area contributed by atoms with E-state index >= 15 is 0 Å². The van der Waals surface area contributed by atoms with Crippen LogP contribution in [0.15, 0.2) is 34.1 Å². The van der Waals surface area contributed by atoms with Crippen LogP contribution in [0, 0.1) is 0 Å². The van der Waals surface area contributed by atoms with Gasteiger partial charge in [0.1, 0.15) is 0 Å². The molecule has 7 heteroatoms. The number of fused-ring (bicyclic) bond motifs is 1. The number of hydrogen-bond donors (Lipinski definition) is 0. The summed E-state index contributed by atoms with van der Waals surface area (Å²) in [4.78, 5) is 17.9. The lowest BCUT2D eigenvalue weighted by molar-refractivity contribution is -0.132. The van der Waals surface area contributed by atoms with Crippen LogP contribution in [0.3, 0.4) is 0 Å². The molecule has 1 amide bonds. The van der Waals surface area contributed by atoms with Gasteiger partial charge in [-0.25, -0.2) is 0 Å². The molecule has 2 aliphatic rings. The fourth-order valence-corrected chi connectivity index (χ4v) is 4.63. The molecular formula is C18H19BrN2O3S. The Morgan fingerprint density at radius 1 is 1.08 bits per heavy atom. The summed E-state index contributed by atoms with van der Waals surface area (Å²) in [6.45, 7) is 4.55. The van der Waals surface area contributed by atoms with Crippen molar-refractivity contribution in [2.75, 3.05) is 33.0 Å². The summed E-state index contributed by atoms with van der Waals surface area (Å²) >= 11 is 5.07. The van der Waals surface area contributed by atoms with Crippen LogP contribution in [-0.2, 0) is 17.8 Å². The molecule has 1 aromatic heterocycles. The summed E-state index contributed by atoms with van der Waals surface area (Å²) in [5.74, 6) is 1.87. The topological polar surface area (TPSA) is 42.0 Å². The number of rotatable bonds is 4. The number of thiophene rings is 1. The second-order valence-corrected chi connectivity index (χ2v) is 8.77. The summed E-state index contributed by atoms with van der Waals surface area (Å²) in [5, 5.41) is 0. The van der Waals surface area contributed by atoms with Crippen molar-refractivity contribution >= 4 is 33.2 Å². The SMILES string of the molecule is O=C(Cc1ccc(Br)s1)N1CCN(Cc2ccc3c(c2)OCO3)CC1. The predicted molar refractivity (Wildman–Crippen MR) is 100 cm³/mol. The van der Waals surface area contributed by atoms with E-state index in [-0.39, 0.29) is 5.91 Å². The zero-order valence-corrected chi connectivity index (χ0v) is 16.1. The van der Waals surface area contributed by atoms with E-state index in [2.05, 4.69) is 33.0 Å². The van der Waals surface area contributed by atoms with E-state index in [1.54, 1.807) is 11.3 Å². The first-order valence-corrected chi connectivity index (χ1v) is 9.91. The van der Waals surface area contributed by atoms with Crippen molar-refractivity contribution in [3.05, 3.63) is 44.6 Å². The van der Waals surface area contributed by atoms with Gasteiger partial charge in [-0.1, -0.05) is 6.07 Å². The minimum Gasteiger partial charge on any atom is -0.454 e. The van der Waals surface area contributed by atoms with Crippen LogP contribution in [0.25, 0.3) is 0 Å². The van der Waals surface area contributed by atoms with Crippen LogP contribution in [0.4, 0.5) is 0 Å². The van der Waals surface area contributed by atoms with Crippen molar-refractivity contribution in [3.8, 4) is 11.5 Å². The zero-order chi connectivity index (χ0) is 17.2. The third-order valence-corrected chi connectivity index (χ3v) is 6.15. The highest BCUT2D eigenvalue weighted by Crippen LogP contribution is 2.32. The van der Waals surface area contributed by atoms with Crippen LogP contribution >= 0.6 is 27.3 Å². The average molecular weight is 423 g/mol. The molecule has 0 radical (unpaired) electrons. The van der Waals surface area contributed by atoms with Crippen LogP contribution in [0.5, 0.6) is 11.5 Å². The van der Waals surface area contributed by atoms with E-state index in [1.807, 2.05) is 23.1 Å². The van der Waals surface area contributed by atoms with Gasteiger partial charge < -0.3 is 14.4 Å². The van der Waals surface area contributed by atoms with Gasteiger partial charge in [0.15, 0.2) is 11.5 Å². The van der Waals surface area contributed by atoms with Crippen molar-refractivity contribution in [1.29, 1.82) is 0 Å². The fourth-order valence-electron chi connectivity index (χ4n) is 3.16. The van der Waals surface area contributed by atoms with Crippen LogP contribution in [0.2, 0.25) is 0 Å². The molecule has 2 aliphatic heterocycles. The Morgan fingerprint density at radius 3 is 2.64 bits per heavy atom. The van der Waals surface area contributed by atoms with E-state index in [4.69, 9.17) is 9.47 Å². The third kappa shape index (κ3) is 3.99. The van der Waals surface area contributed by atoms with Crippen molar-refractivity contribution in [2.24, 2.45) is 0 Å². The lowest BCUT2D eigenvalue weighted by Crippen LogP contribution is -2.48. The number of benzene rings is 1. The number of ether oxygens (including phenoxy) is 2. The molecule has 1 aromatic carbocycles. The number of piperazine rings is 1. The smallest absolute Gasteiger partial charge is 0.231 e. The highest BCUT2D eigenvalue weighted by Gasteiger charge is 2.22. The molecule has 1 fully saturated rings. The summed E-state index contributed by atoms with van der Waals surface area (Å²) in [7, 11) is 0. The van der Waals surface area contributed by atoms with E-state index in [1.165, 1.54) is 5.56 Å². The lowest BCUT2D eigenvalue weighted by Gasteiger charge is -2.34. The second kappa shape index (κ2) is 7.35. The molecule has 0 unspecified atom stereocenters. The van der Waals surface area contributed by atoms with E-state index in [0.717, 1.165) is 52.9 Å². The molecule has 2 aromatic rings. The van der Waals surface area contributed by atoms with Gasteiger partial charge in [0.05, 0.1) is 10.2 Å². The first-order valence-electron chi connectivity index (χ1n) is 8.30. The number of carbonyl (C=O) groups is 1.